The Morgan fingerprint density at radius 2 is 1.46 bits per heavy atom. The van der Waals surface area contributed by atoms with Gasteiger partial charge < -0.3 is 19.7 Å². The highest BCUT2D eigenvalue weighted by Crippen LogP contribution is 2.41. The lowest BCUT2D eigenvalue weighted by molar-refractivity contribution is -0.173. The first-order valence-electron chi connectivity index (χ1n) is 14.8. The number of aliphatic hydroxyl groups excluding tert-OH is 1. The molecule has 0 bridgehead atoms. The van der Waals surface area contributed by atoms with Crippen molar-refractivity contribution in [1.82, 2.24) is 9.55 Å². The summed E-state index contributed by atoms with van der Waals surface area (Å²) < 4.78 is 12.3. The molecule has 1 aliphatic rings. The predicted octanol–water partition coefficient (Wildman–Crippen LogP) is 3.92. The highest BCUT2D eigenvalue weighted by atomic mass is 16.6. The van der Waals surface area contributed by atoms with E-state index in [0.717, 1.165) is 81.0 Å². The standard InChI is InChI=1S/C29H48N2O8/c1-3-5-7-9-11-13-15-17-23(33)29(37)26(39-25(35)18-16-14-12-10-8-6-4-2)22(21-32)38-27(29)31-20-19-24(34)30-28(31)36/h19-20,22,26-27,32,37H,3-18,21H2,1-2H3,(H,30,34,36)/t22-,26-,27-,29-/m1/s1. The first-order chi connectivity index (χ1) is 18.8. The molecule has 39 heavy (non-hydrogen) atoms. The third-order valence-electron chi connectivity index (χ3n) is 7.43. The Morgan fingerprint density at radius 1 is 0.923 bits per heavy atom. The molecule has 4 atom stereocenters. The summed E-state index contributed by atoms with van der Waals surface area (Å²) in [6.45, 7) is 3.66. The molecule has 0 amide bonds. The number of aromatic amines is 1. The Hall–Kier alpha value is -2.30. The van der Waals surface area contributed by atoms with E-state index >= 15 is 0 Å². The van der Waals surface area contributed by atoms with E-state index in [1.54, 1.807) is 0 Å². The van der Waals surface area contributed by atoms with Gasteiger partial charge in [0.25, 0.3) is 5.56 Å². The predicted molar refractivity (Wildman–Crippen MR) is 147 cm³/mol. The Balaban J connectivity index is 2.14. The lowest BCUT2D eigenvalue weighted by Crippen LogP contribution is -2.56. The number of hydrogen-bond acceptors (Lipinski definition) is 8. The summed E-state index contributed by atoms with van der Waals surface area (Å²) >= 11 is 0. The largest absolute Gasteiger partial charge is 0.456 e. The van der Waals surface area contributed by atoms with Crippen LogP contribution in [0.15, 0.2) is 21.9 Å². The summed E-state index contributed by atoms with van der Waals surface area (Å²) in [6.07, 6.45) is 10.8. The van der Waals surface area contributed by atoms with Gasteiger partial charge in [-0.1, -0.05) is 90.9 Å². The molecule has 2 heterocycles. The van der Waals surface area contributed by atoms with E-state index in [9.17, 15) is 29.4 Å². The highest BCUT2D eigenvalue weighted by Gasteiger charge is 2.63. The first kappa shape index (κ1) is 32.9. The number of carbonyl (C=O) groups is 2. The number of aromatic nitrogens is 2. The van der Waals surface area contributed by atoms with Gasteiger partial charge in [0.15, 0.2) is 18.1 Å². The maximum absolute atomic E-state index is 13.5. The van der Waals surface area contributed by atoms with Crippen molar-refractivity contribution in [3.63, 3.8) is 0 Å². The number of ether oxygens (including phenoxy) is 2. The van der Waals surface area contributed by atoms with E-state index in [4.69, 9.17) is 9.47 Å². The van der Waals surface area contributed by atoms with Crippen LogP contribution in [0, 0.1) is 0 Å². The SMILES string of the molecule is CCCCCCCCCC(=O)O[C@@H]1[C@@H](CO)O[C@@H](n2ccc(=O)[nH]c2=O)[C@@]1(O)C(=O)CCCCCCCCC. The molecule has 0 radical (unpaired) electrons. The summed E-state index contributed by atoms with van der Waals surface area (Å²) in [5.41, 5.74) is -3.95. The number of nitrogens with zero attached hydrogens (tertiary/aromatic N) is 1. The number of carbonyl (C=O) groups excluding carboxylic acids is 2. The number of hydrogen-bond donors (Lipinski definition) is 3. The Kier molecular flexibility index (Phi) is 14.7. The van der Waals surface area contributed by atoms with Gasteiger partial charge >= 0.3 is 11.7 Å². The van der Waals surface area contributed by atoms with Gasteiger partial charge in [0.1, 0.15) is 6.10 Å². The molecule has 0 aromatic carbocycles. The third kappa shape index (κ3) is 9.69. The quantitative estimate of drug-likeness (QED) is 0.163. The van der Waals surface area contributed by atoms with Crippen molar-refractivity contribution in [1.29, 1.82) is 0 Å². The Bertz CT molecular complexity index is 990. The monoisotopic (exact) mass is 552 g/mol. The third-order valence-corrected chi connectivity index (χ3v) is 7.43. The summed E-state index contributed by atoms with van der Waals surface area (Å²) in [5.74, 6) is -1.24. The van der Waals surface area contributed by atoms with Gasteiger partial charge in [-0.25, -0.2) is 4.79 Å². The molecule has 1 fully saturated rings. The number of H-pyrrole nitrogens is 1. The zero-order chi connectivity index (χ0) is 28.7. The molecule has 0 aliphatic carbocycles. The van der Waals surface area contributed by atoms with Gasteiger partial charge in [0.05, 0.1) is 6.61 Å². The van der Waals surface area contributed by atoms with Gasteiger partial charge in [-0.2, -0.15) is 0 Å². The average molecular weight is 553 g/mol. The fourth-order valence-electron chi connectivity index (χ4n) is 5.12. The van der Waals surface area contributed by atoms with E-state index in [0.29, 0.717) is 12.8 Å². The van der Waals surface area contributed by atoms with Crippen LogP contribution >= 0.6 is 0 Å². The number of unbranched alkanes of at least 4 members (excludes halogenated alkanes) is 12. The maximum Gasteiger partial charge on any atom is 0.330 e. The highest BCUT2D eigenvalue weighted by molar-refractivity contribution is 5.89. The summed E-state index contributed by atoms with van der Waals surface area (Å²) in [7, 11) is 0. The lowest BCUT2D eigenvalue weighted by Gasteiger charge is -2.32. The van der Waals surface area contributed by atoms with Crippen molar-refractivity contribution in [3.8, 4) is 0 Å². The van der Waals surface area contributed by atoms with Crippen LogP contribution in [0.25, 0.3) is 0 Å². The van der Waals surface area contributed by atoms with Crippen LogP contribution in [0.4, 0.5) is 0 Å². The van der Waals surface area contributed by atoms with Gasteiger partial charge in [-0.3, -0.25) is 23.9 Å². The van der Waals surface area contributed by atoms with Crippen LogP contribution in [-0.4, -0.2) is 55.9 Å². The van der Waals surface area contributed by atoms with Crippen molar-refractivity contribution in [3.05, 3.63) is 33.1 Å². The minimum absolute atomic E-state index is 0.00774. The van der Waals surface area contributed by atoms with Crippen molar-refractivity contribution >= 4 is 11.8 Å². The second-order valence-electron chi connectivity index (χ2n) is 10.6. The fourth-order valence-corrected chi connectivity index (χ4v) is 5.12. The van der Waals surface area contributed by atoms with E-state index in [1.165, 1.54) is 12.8 Å². The Morgan fingerprint density at radius 3 is 2.00 bits per heavy atom. The Labute approximate surface area is 231 Å². The molecule has 2 rings (SSSR count). The molecule has 10 heteroatoms. The minimum Gasteiger partial charge on any atom is -0.456 e. The van der Waals surface area contributed by atoms with Gasteiger partial charge in [-0.15, -0.1) is 0 Å². The molecular formula is C29H48N2O8. The van der Waals surface area contributed by atoms with Crippen LogP contribution in [-0.2, 0) is 19.1 Å². The second kappa shape index (κ2) is 17.4. The van der Waals surface area contributed by atoms with Crippen LogP contribution < -0.4 is 11.2 Å². The van der Waals surface area contributed by atoms with Crippen LogP contribution in [0.1, 0.15) is 123 Å². The number of esters is 1. The summed E-state index contributed by atoms with van der Waals surface area (Å²) in [6, 6.07) is 1.07. The number of Topliss-reactive ketones (excluding diaryl/α,β-unsaturated/α-hetero) is 1. The molecule has 1 saturated heterocycles. The van der Waals surface area contributed by atoms with E-state index < -0.39 is 53.6 Å². The number of rotatable bonds is 20. The van der Waals surface area contributed by atoms with Crippen LogP contribution in [0.2, 0.25) is 0 Å². The molecular weight excluding hydrogens is 504 g/mol. The molecule has 0 spiro atoms. The molecule has 3 N–H and O–H groups in total. The number of ketones is 1. The zero-order valence-corrected chi connectivity index (χ0v) is 23.7. The van der Waals surface area contributed by atoms with Crippen molar-refractivity contribution in [2.45, 2.75) is 141 Å². The molecule has 1 aliphatic heterocycles. The van der Waals surface area contributed by atoms with E-state index in [-0.39, 0.29) is 12.8 Å². The zero-order valence-electron chi connectivity index (χ0n) is 23.7. The maximum atomic E-state index is 13.5. The van der Waals surface area contributed by atoms with Crippen LogP contribution in [0.3, 0.4) is 0 Å². The minimum atomic E-state index is -2.41. The second-order valence-corrected chi connectivity index (χ2v) is 10.6. The number of aliphatic hydroxyl groups is 2. The van der Waals surface area contributed by atoms with Crippen molar-refractivity contribution in [2.24, 2.45) is 0 Å². The lowest BCUT2D eigenvalue weighted by atomic mass is 9.86. The fraction of sp³-hybridized carbons (Fsp3) is 0.793. The van der Waals surface area contributed by atoms with Gasteiger partial charge in [0, 0.05) is 25.1 Å². The molecule has 1 aromatic rings. The van der Waals surface area contributed by atoms with Gasteiger partial charge in [0.2, 0.25) is 5.60 Å². The van der Waals surface area contributed by atoms with E-state index in [1.807, 2.05) is 0 Å². The number of nitrogens with one attached hydrogen (secondary N) is 1. The summed E-state index contributed by atoms with van der Waals surface area (Å²) in [4.78, 5) is 52.5. The molecule has 1 aromatic heterocycles. The summed E-state index contributed by atoms with van der Waals surface area (Å²) in [5, 5.41) is 21.8. The molecule has 10 nitrogen and oxygen atoms in total. The van der Waals surface area contributed by atoms with Crippen molar-refractivity contribution < 1.29 is 29.3 Å². The molecule has 0 unspecified atom stereocenters. The smallest absolute Gasteiger partial charge is 0.330 e. The van der Waals surface area contributed by atoms with E-state index in [2.05, 4.69) is 18.8 Å². The van der Waals surface area contributed by atoms with Crippen LogP contribution in [0.5, 0.6) is 0 Å². The topological polar surface area (TPSA) is 148 Å². The first-order valence-corrected chi connectivity index (χ1v) is 14.8. The average Bonchev–Trinajstić information content (AvgIpc) is 3.19. The normalized spacial score (nSPS) is 22.7. The van der Waals surface area contributed by atoms with Crippen molar-refractivity contribution in [2.75, 3.05) is 6.61 Å². The molecule has 0 saturated carbocycles. The van der Waals surface area contributed by atoms with Gasteiger partial charge in [-0.05, 0) is 12.8 Å². The molecule has 222 valence electrons.